The van der Waals surface area contributed by atoms with Crippen molar-refractivity contribution in [3.8, 4) is 11.5 Å². The van der Waals surface area contributed by atoms with E-state index in [1.54, 1.807) is 38.3 Å². The minimum absolute atomic E-state index is 0.0622. The SMILES string of the molecule is CCCCOc1ccc(CNC(=O)c2ccc(C)c(NC(=O)c3ccccc3F)c2)cc1OC. The molecule has 0 heterocycles. The van der Waals surface area contributed by atoms with Crippen molar-refractivity contribution in [2.75, 3.05) is 19.0 Å². The zero-order valence-electron chi connectivity index (χ0n) is 19.6. The Kier molecular flexibility index (Phi) is 8.62. The Morgan fingerprint density at radius 1 is 0.971 bits per heavy atom. The zero-order chi connectivity index (χ0) is 24.5. The van der Waals surface area contributed by atoms with Crippen LogP contribution in [0, 0.1) is 12.7 Å². The first kappa shape index (κ1) is 24.8. The molecule has 3 aromatic rings. The van der Waals surface area contributed by atoms with E-state index >= 15 is 0 Å². The van der Waals surface area contributed by atoms with Gasteiger partial charge in [-0.1, -0.05) is 37.6 Å². The fourth-order valence-electron chi connectivity index (χ4n) is 3.28. The van der Waals surface area contributed by atoms with E-state index in [2.05, 4.69) is 17.6 Å². The van der Waals surface area contributed by atoms with E-state index in [9.17, 15) is 14.0 Å². The number of nitrogens with one attached hydrogen (secondary N) is 2. The van der Waals surface area contributed by atoms with Gasteiger partial charge in [-0.3, -0.25) is 9.59 Å². The van der Waals surface area contributed by atoms with E-state index in [0.717, 1.165) is 24.0 Å². The van der Waals surface area contributed by atoms with Crippen molar-refractivity contribution in [1.29, 1.82) is 0 Å². The number of benzene rings is 3. The van der Waals surface area contributed by atoms with E-state index in [0.29, 0.717) is 29.4 Å². The average molecular weight is 465 g/mol. The summed E-state index contributed by atoms with van der Waals surface area (Å²) in [6.07, 6.45) is 2.00. The van der Waals surface area contributed by atoms with Crippen LogP contribution in [-0.2, 0) is 6.54 Å². The molecule has 7 heteroatoms. The van der Waals surface area contributed by atoms with E-state index in [1.165, 1.54) is 18.2 Å². The Balaban J connectivity index is 1.66. The lowest BCUT2D eigenvalue weighted by Gasteiger charge is -2.13. The summed E-state index contributed by atoms with van der Waals surface area (Å²) < 4.78 is 25.1. The van der Waals surface area contributed by atoms with Crippen LogP contribution in [0.4, 0.5) is 10.1 Å². The normalized spacial score (nSPS) is 10.5. The van der Waals surface area contributed by atoms with E-state index in [-0.39, 0.29) is 18.0 Å². The molecular formula is C27H29FN2O4. The van der Waals surface area contributed by atoms with Crippen molar-refractivity contribution in [1.82, 2.24) is 5.32 Å². The van der Waals surface area contributed by atoms with Gasteiger partial charge in [0, 0.05) is 17.8 Å². The van der Waals surface area contributed by atoms with E-state index in [1.807, 2.05) is 18.2 Å². The molecule has 0 fully saturated rings. The smallest absolute Gasteiger partial charge is 0.258 e. The van der Waals surface area contributed by atoms with Gasteiger partial charge in [0.1, 0.15) is 5.82 Å². The predicted molar refractivity (Wildman–Crippen MR) is 130 cm³/mol. The first-order valence-electron chi connectivity index (χ1n) is 11.2. The standard InChI is InChI=1S/C27H29FN2O4/c1-4-5-14-34-24-13-11-19(15-25(24)33-3)17-29-26(31)20-12-10-18(2)23(16-20)30-27(32)21-8-6-7-9-22(21)28/h6-13,15-16H,4-5,14,17H2,1-3H3,(H,29,31)(H,30,32). The molecule has 2 N–H and O–H groups in total. The van der Waals surface area contributed by atoms with Gasteiger partial charge in [-0.15, -0.1) is 0 Å². The second kappa shape index (κ2) is 11.8. The molecule has 0 aliphatic heterocycles. The lowest BCUT2D eigenvalue weighted by molar-refractivity contribution is 0.0949. The van der Waals surface area contributed by atoms with Gasteiger partial charge in [0.2, 0.25) is 0 Å². The van der Waals surface area contributed by atoms with Crippen LogP contribution in [0.1, 0.15) is 51.6 Å². The maximum Gasteiger partial charge on any atom is 0.258 e. The van der Waals surface area contributed by atoms with Gasteiger partial charge in [-0.05, 0) is 60.9 Å². The Bertz CT molecular complexity index is 1160. The number of anilines is 1. The number of rotatable bonds is 10. The Labute approximate surface area is 199 Å². The van der Waals surface area contributed by atoms with Crippen LogP contribution >= 0.6 is 0 Å². The molecule has 0 saturated carbocycles. The monoisotopic (exact) mass is 464 g/mol. The number of hydrogen-bond acceptors (Lipinski definition) is 4. The summed E-state index contributed by atoms with van der Waals surface area (Å²) in [5.41, 5.74) is 2.36. The van der Waals surface area contributed by atoms with E-state index in [4.69, 9.17) is 9.47 Å². The topological polar surface area (TPSA) is 76.7 Å². The highest BCUT2D eigenvalue weighted by Gasteiger charge is 2.14. The predicted octanol–water partition coefficient (Wildman–Crippen LogP) is 5.50. The molecule has 3 aromatic carbocycles. The fourth-order valence-corrected chi connectivity index (χ4v) is 3.28. The molecule has 0 aromatic heterocycles. The molecule has 178 valence electrons. The minimum Gasteiger partial charge on any atom is -0.493 e. The van der Waals surface area contributed by atoms with Crippen molar-refractivity contribution in [3.63, 3.8) is 0 Å². The number of halogens is 1. The van der Waals surface area contributed by atoms with Crippen LogP contribution in [-0.4, -0.2) is 25.5 Å². The summed E-state index contributed by atoms with van der Waals surface area (Å²) in [6.45, 7) is 4.80. The molecule has 6 nitrogen and oxygen atoms in total. The second-order valence-electron chi connectivity index (χ2n) is 7.83. The number of carbonyl (C=O) groups is 2. The molecule has 3 rings (SSSR count). The van der Waals surface area contributed by atoms with Crippen LogP contribution in [0.25, 0.3) is 0 Å². The fraction of sp³-hybridized carbons (Fsp3) is 0.259. The van der Waals surface area contributed by atoms with Crippen molar-refractivity contribution >= 4 is 17.5 Å². The van der Waals surface area contributed by atoms with E-state index < -0.39 is 11.7 Å². The highest BCUT2D eigenvalue weighted by atomic mass is 19.1. The molecule has 34 heavy (non-hydrogen) atoms. The maximum atomic E-state index is 13.9. The lowest BCUT2D eigenvalue weighted by Crippen LogP contribution is -2.23. The van der Waals surface area contributed by atoms with Crippen molar-refractivity contribution < 1.29 is 23.5 Å². The van der Waals surface area contributed by atoms with Crippen molar-refractivity contribution in [2.24, 2.45) is 0 Å². The molecule has 0 atom stereocenters. The largest absolute Gasteiger partial charge is 0.493 e. The maximum absolute atomic E-state index is 13.9. The molecule has 0 saturated heterocycles. The Morgan fingerprint density at radius 2 is 1.76 bits per heavy atom. The molecule has 0 aliphatic rings. The number of aryl methyl sites for hydroxylation is 1. The molecule has 2 amide bonds. The molecule has 0 unspecified atom stereocenters. The third-order valence-corrected chi connectivity index (χ3v) is 5.30. The average Bonchev–Trinajstić information content (AvgIpc) is 2.84. The summed E-state index contributed by atoms with van der Waals surface area (Å²) >= 11 is 0. The molecule has 0 aliphatic carbocycles. The van der Waals surface area contributed by atoms with Crippen LogP contribution < -0.4 is 20.1 Å². The highest BCUT2D eigenvalue weighted by Crippen LogP contribution is 2.28. The summed E-state index contributed by atoms with van der Waals surface area (Å²) in [5, 5.41) is 5.56. The number of hydrogen-bond donors (Lipinski definition) is 2. The molecular weight excluding hydrogens is 435 g/mol. The van der Waals surface area contributed by atoms with Crippen molar-refractivity contribution in [3.05, 3.63) is 88.7 Å². The van der Waals surface area contributed by atoms with Gasteiger partial charge < -0.3 is 20.1 Å². The Hall–Kier alpha value is -3.87. The Morgan fingerprint density at radius 3 is 2.50 bits per heavy atom. The third-order valence-electron chi connectivity index (χ3n) is 5.30. The van der Waals surface area contributed by atoms with Gasteiger partial charge >= 0.3 is 0 Å². The van der Waals surface area contributed by atoms with Gasteiger partial charge in [-0.25, -0.2) is 4.39 Å². The molecule has 0 radical (unpaired) electrons. The zero-order valence-corrected chi connectivity index (χ0v) is 19.6. The van der Waals surface area contributed by atoms with Crippen LogP contribution in [0.3, 0.4) is 0 Å². The quantitative estimate of drug-likeness (QED) is 0.388. The summed E-state index contributed by atoms with van der Waals surface area (Å²) in [7, 11) is 1.58. The first-order valence-corrected chi connectivity index (χ1v) is 11.2. The second-order valence-corrected chi connectivity index (χ2v) is 7.83. The van der Waals surface area contributed by atoms with Crippen molar-refractivity contribution in [2.45, 2.75) is 33.2 Å². The number of unbranched alkanes of at least 4 members (excludes halogenated alkanes) is 1. The molecule has 0 bridgehead atoms. The van der Waals surface area contributed by atoms with Gasteiger partial charge in [0.15, 0.2) is 11.5 Å². The first-order chi connectivity index (χ1) is 16.4. The van der Waals surface area contributed by atoms with Gasteiger partial charge in [0.05, 0.1) is 19.3 Å². The van der Waals surface area contributed by atoms with Gasteiger partial charge in [0.25, 0.3) is 11.8 Å². The van der Waals surface area contributed by atoms with Crippen LogP contribution in [0.5, 0.6) is 11.5 Å². The summed E-state index contributed by atoms with van der Waals surface area (Å²) in [5.74, 6) is -0.212. The number of ether oxygens (including phenoxy) is 2. The third kappa shape index (κ3) is 6.34. The number of carbonyl (C=O) groups excluding carboxylic acids is 2. The molecule has 0 spiro atoms. The highest BCUT2D eigenvalue weighted by molar-refractivity contribution is 6.05. The van der Waals surface area contributed by atoms with Gasteiger partial charge in [-0.2, -0.15) is 0 Å². The summed E-state index contributed by atoms with van der Waals surface area (Å²) in [6, 6.07) is 16.3. The minimum atomic E-state index is -0.608. The van der Waals surface area contributed by atoms with Crippen LogP contribution in [0.2, 0.25) is 0 Å². The number of methoxy groups -OCH3 is 1. The van der Waals surface area contributed by atoms with Crippen LogP contribution in [0.15, 0.2) is 60.7 Å². The summed E-state index contributed by atoms with van der Waals surface area (Å²) in [4.78, 5) is 25.2. The lowest BCUT2D eigenvalue weighted by atomic mass is 10.1. The number of amides is 2.